The van der Waals surface area contributed by atoms with Crippen LogP contribution >= 0.6 is 0 Å². The quantitative estimate of drug-likeness (QED) is 0.0494. The lowest BCUT2D eigenvalue weighted by molar-refractivity contribution is -0.199. The van der Waals surface area contributed by atoms with Crippen LogP contribution in [0.1, 0.15) is 104 Å². The van der Waals surface area contributed by atoms with Crippen LogP contribution in [0.2, 0.25) is 0 Å². The number of nitrogens with two attached hydrogens (primary N) is 2. The number of aliphatic hydroxyl groups excluding tert-OH is 1. The van der Waals surface area contributed by atoms with Crippen LogP contribution in [0, 0.1) is 17.3 Å². The largest absolute Gasteiger partial charge is 0.481 e. The minimum Gasteiger partial charge on any atom is -0.404 e. The molecule has 4 aliphatic rings. The van der Waals surface area contributed by atoms with E-state index < -0.39 is 66.6 Å². The molecule has 2 bridgehead atoms. The Kier molecular flexibility index (Phi) is 16.1. The topological polar surface area (TPSA) is 219 Å². The van der Waals surface area contributed by atoms with Gasteiger partial charge in [-0.1, -0.05) is 75.7 Å². The third-order valence-corrected chi connectivity index (χ3v) is 12.9. The molecule has 1 saturated heterocycles. The summed E-state index contributed by atoms with van der Waals surface area (Å²) in [6, 6.07) is 14.6. The molecule has 2 aromatic rings. The number of carbonyl (C=O) groups is 4. The van der Waals surface area contributed by atoms with E-state index in [1.54, 1.807) is 0 Å². The highest BCUT2D eigenvalue weighted by molar-refractivity contribution is 6.47. The van der Waals surface area contributed by atoms with Gasteiger partial charge in [0.25, 0.3) is 5.91 Å². The fraction of sp³-hybridized carbons (Fsp3) is 0.636. The standard InChI is InChI=1S/C44H68BN7O7/c1-7-8-11-29-13-17-31(18-14-29)32-19-15-30(16-20-32)26-48-23-21-37(54)51-38(27(2)53)41(56)52-39(47)42(57)50-34(12-9-10-22-46)40(55)49-28(3)45-58-36-25-33-24-35(43(33,4)5)44(36,6)59-45/h13-20,27-28,33-36,38-39,48,53H,7-12,21-26,46-47H2,1-6H3,(H,49,55)(H,50,57)(H,51,54)(H,52,56)/t27-,28+,33+,34+,35+,36?,38+,39-,44+/m1/s1. The number of rotatable bonds is 22. The van der Waals surface area contributed by atoms with Gasteiger partial charge in [-0.15, -0.1) is 0 Å². The number of carbonyl (C=O) groups excluding carboxylic acids is 4. The number of hydrogen-bond acceptors (Lipinski definition) is 10. The molecule has 324 valence electrons. The maximum Gasteiger partial charge on any atom is 0.481 e. The zero-order valence-corrected chi connectivity index (χ0v) is 35.9. The van der Waals surface area contributed by atoms with Crippen LogP contribution in [0.15, 0.2) is 48.5 Å². The Balaban J connectivity index is 1.05. The fourth-order valence-corrected chi connectivity index (χ4v) is 8.98. The van der Waals surface area contributed by atoms with Crippen molar-refractivity contribution >= 4 is 30.7 Å². The van der Waals surface area contributed by atoms with Crippen molar-refractivity contribution in [1.82, 2.24) is 26.6 Å². The van der Waals surface area contributed by atoms with Crippen molar-refractivity contribution in [3.05, 3.63) is 59.7 Å². The van der Waals surface area contributed by atoms with Gasteiger partial charge in [0.2, 0.25) is 17.7 Å². The monoisotopic (exact) mass is 818 g/mol. The summed E-state index contributed by atoms with van der Waals surface area (Å²) in [5.41, 5.74) is 16.2. The zero-order valence-electron chi connectivity index (χ0n) is 35.9. The molecule has 0 aromatic heterocycles. The number of unbranched alkanes of at least 4 members (excludes halogenated alkanes) is 2. The molecule has 6 rings (SSSR count). The van der Waals surface area contributed by atoms with Crippen LogP contribution < -0.4 is 38.1 Å². The van der Waals surface area contributed by atoms with E-state index in [1.807, 2.05) is 19.1 Å². The molecule has 15 heteroatoms. The normalized spacial score (nSPS) is 24.1. The molecule has 4 amide bonds. The van der Waals surface area contributed by atoms with E-state index in [9.17, 15) is 24.3 Å². The molecule has 1 unspecified atom stereocenters. The summed E-state index contributed by atoms with van der Waals surface area (Å²) in [4.78, 5) is 52.8. The maximum absolute atomic E-state index is 13.6. The first-order valence-electron chi connectivity index (χ1n) is 21.6. The molecule has 0 radical (unpaired) electrons. The Morgan fingerprint density at radius 1 is 0.864 bits per heavy atom. The summed E-state index contributed by atoms with van der Waals surface area (Å²) in [6.07, 6.45) is 4.10. The average molecular weight is 818 g/mol. The summed E-state index contributed by atoms with van der Waals surface area (Å²) >= 11 is 0. The van der Waals surface area contributed by atoms with Crippen LogP contribution in [0.3, 0.4) is 0 Å². The predicted octanol–water partition coefficient (Wildman–Crippen LogP) is 2.83. The molecule has 1 aliphatic heterocycles. The summed E-state index contributed by atoms with van der Waals surface area (Å²) < 4.78 is 12.9. The smallest absolute Gasteiger partial charge is 0.404 e. The molecule has 1 heterocycles. The van der Waals surface area contributed by atoms with Crippen LogP contribution in [-0.2, 0) is 41.5 Å². The highest BCUT2D eigenvalue weighted by Gasteiger charge is 2.68. The summed E-state index contributed by atoms with van der Waals surface area (Å²) in [5.74, 6) is -2.11. The highest BCUT2D eigenvalue weighted by Crippen LogP contribution is 2.65. The Hall–Kier alpha value is -3.86. The van der Waals surface area contributed by atoms with Gasteiger partial charge in [0, 0.05) is 19.5 Å². The van der Waals surface area contributed by atoms with Gasteiger partial charge in [-0.25, -0.2) is 0 Å². The van der Waals surface area contributed by atoms with Crippen molar-refractivity contribution in [3.63, 3.8) is 0 Å². The van der Waals surface area contributed by atoms with Crippen molar-refractivity contribution in [3.8, 4) is 11.1 Å². The van der Waals surface area contributed by atoms with E-state index in [0.29, 0.717) is 44.3 Å². The average Bonchev–Trinajstić information content (AvgIpc) is 3.58. The summed E-state index contributed by atoms with van der Waals surface area (Å²) in [5, 5.41) is 24.2. The number of nitrogens with one attached hydrogen (secondary N) is 5. The molecule has 0 spiro atoms. The lowest BCUT2D eigenvalue weighted by atomic mass is 9.43. The summed E-state index contributed by atoms with van der Waals surface area (Å²) in [6.45, 7) is 13.3. The second kappa shape index (κ2) is 20.6. The number of hydrogen-bond donors (Lipinski definition) is 8. The van der Waals surface area contributed by atoms with Crippen molar-refractivity contribution < 1.29 is 33.6 Å². The van der Waals surface area contributed by atoms with Crippen molar-refractivity contribution in [2.45, 2.75) is 148 Å². The zero-order chi connectivity index (χ0) is 42.9. The van der Waals surface area contributed by atoms with Crippen molar-refractivity contribution in [2.24, 2.45) is 28.7 Å². The molecule has 3 aliphatic carbocycles. The van der Waals surface area contributed by atoms with Gasteiger partial charge in [0.1, 0.15) is 12.1 Å². The number of aliphatic hydroxyl groups is 1. The molecule has 3 saturated carbocycles. The predicted molar refractivity (Wildman–Crippen MR) is 229 cm³/mol. The van der Waals surface area contributed by atoms with Crippen LogP contribution in [-0.4, -0.2) is 90.9 Å². The number of amides is 4. The molecule has 9 atom stereocenters. The van der Waals surface area contributed by atoms with Crippen LogP contribution in [0.4, 0.5) is 0 Å². The van der Waals surface area contributed by atoms with Gasteiger partial charge in [0.05, 0.1) is 23.8 Å². The molecular formula is C44H68BN7O7. The Labute approximate surface area is 350 Å². The molecule has 2 aromatic carbocycles. The molecule has 10 N–H and O–H groups in total. The second-order valence-corrected chi connectivity index (χ2v) is 17.7. The lowest BCUT2D eigenvalue weighted by Crippen LogP contribution is -2.65. The van der Waals surface area contributed by atoms with Crippen molar-refractivity contribution in [2.75, 3.05) is 13.1 Å². The first-order valence-corrected chi connectivity index (χ1v) is 21.6. The van der Waals surface area contributed by atoms with E-state index in [1.165, 1.54) is 25.3 Å². The SMILES string of the molecule is CCCCc1ccc(-c2ccc(CNCCC(=O)N[C@H](C(=O)N[C@@H](N)C(=O)N[C@@H](CCCCN)C(=O)N[C@@H](C)B3OC4C[C@@H]5C[C@@H](C5(C)C)[C@]4(C)O3)[C@@H](C)O)cc2)cc1. The maximum atomic E-state index is 13.6. The number of benzene rings is 2. The van der Waals surface area contributed by atoms with Gasteiger partial charge in [-0.05, 0) is 112 Å². The van der Waals surface area contributed by atoms with E-state index >= 15 is 0 Å². The molecule has 59 heavy (non-hydrogen) atoms. The third kappa shape index (κ3) is 11.5. The lowest BCUT2D eigenvalue weighted by Gasteiger charge is -2.64. The Morgan fingerprint density at radius 2 is 1.53 bits per heavy atom. The third-order valence-electron chi connectivity index (χ3n) is 12.9. The van der Waals surface area contributed by atoms with Crippen molar-refractivity contribution in [1.29, 1.82) is 0 Å². The van der Waals surface area contributed by atoms with Gasteiger partial charge in [-0.3, -0.25) is 19.2 Å². The minimum atomic E-state index is -1.57. The molecular weight excluding hydrogens is 749 g/mol. The molecule has 14 nitrogen and oxygen atoms in total. The highest BCUT2D eigenvalue weighted by atomic mass is 16.7. The Bertz CT molecular complexity index is 1730. The van der Waals surface area contributed by atoms with Gasteiger partial charge in [0.15, 0.2) is 6.17 Å². The van der Waals surface area contributed by atoms with Crippen LogP contribution in [0.5, 0.6) is 0 Å². The van der Waals surface area contributed by atoms with Gasteiger partial charge in [-0.2, -0.15) is 0 Å². The number of aryl methyl sites for hydroxylation is 1. The summed E-state index contributed by atoms with van der Waals surface area (Å²) in [7, 11) is -0.643. The fourth-order valence-electron chi connectivity index (χ4n) is 8.98. The van der Waals surface area contributed by atoms with E-state index in [-0.39, 0.29) is 24.4 Å². The van der Waals surface area contributed by atoms with E-state index in [2.05, 4.69) is 90.7 Å². The van der Waals surface area contributed by atoms with Gasteiger partial charge >= 0.3 is 7.12 Å². The van der Waals surface area contributed by atoms with E-state index in [4.69, 9.17) is 20.8 Å². The van der Waals surface area contributed by atoms with E-state index in [0.717, 1.165) is 36.0 Å². The van der Waals surface area contributed by atoms with Gasteiger partial charge < -0.3 is 52.5 Å². The second-order valence-electron chi connectivity index (χ2n) is 17.7. The minimum absolute atomic E-state index is 0.0411. The molecule has 4 fully saturated rings. The first-order chi connectivity index (χ1) is 28.1. The van der Waals surface area contributed by atoms with Crippen LogP contribution in [0.25, 0.3) is 11.1 Å². The first kappa shape index (κ1) is 46.2. The Morgan fingerprint density at radius 3 is 2.14 bits per heavy atom.